The van der Waals surface area contributed by atoms with E-state index < -0.39 is 10.8 Å². The smallest absolute Gasteiger partial charge is 0.313 e. The molecule has 0 saturated carbocycles. The molecule has 1 aliphatic heterocycles. The van der Waals surface area contributed by atoms with Crippen LogP contribution in [0.2, 0.25) is 0 Å². The van der Waals surface area contributed by atoms with Crippen molar-refractivity contribution in [1.29, 1.82) is 0 Å². The first-order chi connectivity index (χ1) is 12.6. The van der Waals surface area contributed by atoms with Gasteiger partial charge >= 0.3 is 5.97 Å². The number of benzene rings is 2. The highest BCUT2D eigenvalue weighted by Crippen LogP contribution is 2.31. The summed E-state index contributed by atoms with van der Waals surface area (Å²) in [5.74, 6) is 0.760. The number of rotatable bonds is 6. The molecule has 2 aromatic carbocycles. The molecular formula is C19H19NO6. The fourth-order valence-corrected chi connectivity index (χ4v) is 2.76. The molecule has 2 aromatic rings. The number of hydrogen-bond acceptors (Lipinski definition) is 6. The average Bonchev–Trinajstić information content (AvgIpc) is 2.66. The van der Waals surface area contributed by atoms with E-state index in [1.54, 1.807) is 12.1 Å². The molecule has 0 bridgehead atoms. The number of ether oxygens (including phenoxy) is 3. The van der Waals surface area contributed by atoms with Crippen molar-refractivity contribution in [2.75, 3.05) is 13.2 Å². The van der Waals surface area contributed by atoms with E-state index >= 15 is 0 Å². The molecular weight excluding hydrogens is 338 g/mol. The van der Waals surface area contributed by atoms with E-state index in [9.17, 15) is 14.9 Å². The van der Waals surface area contributed by atoms with Crippen LogP contribution in [-0.4, -0.2) is 24.1 Å². The normalized spacial score (nSPS) is 15.5. The van der Waals surface area contributed by atoms with Crippen LogP contribution in [0.4, 0.5) is 5.69 Å². The lowest BCUT2D eigenvalue weighted by Gasteiger charge is -2.24. The number of hydrogen-bond donors (Lipinski definition) is 0. The summed E-state index contributed by atoms with van der Waals surface area (Å²) >= 11 is 0. The Morgan fingerprint density at radius 3 is 2.73 bits per heavy atom. The van der Waals surface area contributed by atoms with E-state index in [-0.39, 0.29) is 24.9 Å². The lowest BCUT2D eigenvalue weighted by atomic mass is 9.96. The number of nitrogens with zero attached hydrogens (tertiary/aromatic N) is 1. The topological polar surface area (TPSA) is 87.9 Å². The Morgan fingerprint density at radius 1 is 1.27 bits per heavy atom. The third-order valence-corrected chi connectivity index (χ3v) is 4.11. The van der Waals surface area contributed by atoms with Crippen molar-refractivity contribution in [2.24, 2.45) is 5.92 Å². The maximum Gasteiger partial charge on any atom is 0.313 e. The van der Waals surface area contributed by atoms with Gasteiger partial charge in [0, 0.05) is 12.1 Å². The van der Waals surface area contributed by atoms with Crippen LogP contribution in [0.1, 0.15) is 18.1 Å². The van der Waals surface area contributed by atoms with Gasteiger partial charge in [-0.25, -0.2) is 0 Å². The standard InChI is InChI=1S/C19H19NO6/c1-2-24-17-7-8-18-14(10-17)9-15(12-25-18)19(21)26-11-13-3-5-16(6-4-13)20(22)23/h3-8,10,15H,2,9,11-12H2,1H3. The molecule has 0 N–H and O–H groups in total. The molecule has 1 aliphatic rings. The van der Waals surface area contributed by atoms with E-state index in [1.807, 2.05) is 25.1 Å². The van der Waals surface area contributed by atoms with Gasteiger partial charge in [0.05, 0.1) is 17.4 Å². The zero-order valence-electron chi connectivity index (χ0n) is 14.3. The van der Waals surface area contributed by atoms with Crippen molar-refractivity contribution in [1.82, 2.24) is 0 Å². The second kappa shape index (κ2) is 7.86. The van der Waals surface area contributed by atoms with Crippen LogP contribution in [-0.2, 0) is 22.6 Å². The molecule has 0 fully saturated rings. The molecule has 0 spiro atoms. The molecule has 26 heavy (non-hydrogen) atoms. The van der Waals surface area contributed by atoms with Crippen LogP contribution in [0.5, 0.6) is 11.5 Å². The van der Waals surface area contributed by atoms with Crippen LogP contribution in [0.3, 0.4) is 0 Å². The van der Waals surface area contributed by atoms with Gasteiger partial charge in [0.15, 0.2) is 0 Å². The predicted molar refractivity (Wildman–Crippen MR) is 93.2 cm³/mol. The SMILES string of the molecule is CCOc1ccc2c(c1)CC(C(=O)OCc1ccc([N+](=O)[O-])cc1)CO2. The monoisotopic (exact) mass is 357 g/mol. The van der Waals surface area contributed by atoms with E-state index in [2.05, 4.69) is 0 Å². The summed E-state index contributed by atoms with van der Waals surface area (Å²) in [6.07, 6.45) is 0.523. The minimum atomic E-state index is -0.469. The maximum atomic E-state index is 12.3. The number of nitro groups is 1. The van der Waals surface area contributed by atoms with Gasteiger partial charge in [0.25, 0.3) is 5.69 Å². The first-order valence-corrected chi connectivity index (χ1v) is 8.35. The van der Waals surface area contributed by atoms with Gasteiger partial charge < -0.3 is 14.2 Å². The average molecular weight is 357 g/mol. The maximum absolute atomic E-state index is 12.3. The largest absolute Gasteiger partial charge is 0.494 e. The minimum absolute atomic E-state index is 0.00228. The first kappa shape index (κ1) is 17.7. The molecule has 7 heteroatoms. The van der Waals surface area contributed by atoms with Crippen LogP contribution in [0, 0.1) is 16.0 Å². The number of fused-ring (bicyclic) bond motifs is 1. The zero-order valence-corrected chi connectivity index (χ0v) is 14.3. The second-order valence-corrected chi connectivity index (χ2v) is 5.95. The van der Waals surface area contributed by atoms with Gasteiger partial charge in [-0.1, -0.05) is 0 Å². The van der Waals surface area contributed by atoms with Gasteiger partial charge in [0.1, 0.15) is 24.7 Å². The summed E-state index contributed by atoms with van der Waals surface area (Å²) in [6.45, 7) is 2.81. The molecule has 1 unspecified atom stereocenters. The molecule has 0 amide bonds. The second-order valence-electron chi connectivity index (χ2n) is 5.95. The Bertz CT molecular complexity index is 802. The summed E-state index contributed by atoms with van der Waals surface area (Å²) in [4.78, 5) is 22.5. The Morgan fingerprint density at radius 2 is 2.04 bits per heavy atom. The Hall–Kier alpha value is -3.09. The quantitative estimate of drug-likeness (QED) is 0.448. The fraction of sp³-hybridized carbons (Fsp3) is 0.316. The van der Waals surface area contributed by atoms with Crippen LogP contribution in [0.15, 0.2) is 42.5 Å². The zero-order chi connectivity index (χ0) is 18.5. The van der Waals surface area contributed by atoms with Crippen LogP contribution < -0.4 is 9.47 Å². The third kappa shape index (κ3) is 4.11. The van der Waals surface area contributed by atoms with Crippen molar-refractivity contribution in [3.05, 3.63) is 63.7 Å². The highest BCUT2D eigenvalue weighted by atomic mass is 16.6. The Labute approximate surface area is 150 Å². The van der Waals surface area contributed by atoms with Crippen molar-refractivity contribution >= 4 is 11.7 Å². The molecule has 0 saturated heterocycles. The van der Waals surface area contributed by atoms with E-state index in [0.29, 0.717) is 18.6 Å². The van der Waals surface area contributed by atoms with Crippen molar-refractivity contribution in [3.63, 3.8) is 0 Å². The number of carbonyl (C=O) groups excluding carboxylic acids is 1. The number of esters is 1. The lowest BCUT2D eigenvalue weighted by molar-refractivity contribution is -0.384. The van der Waals surface area contributed by atoms with E-state index in [4.69, 9.17) is 14.2 Å². The van der Waals surface area contributed by atoms with Crippen molar-refractivity contribution in [2.45, 2.75) is 20.0 Å². The highest BCUT2D eigenvalue weighted by molar-refractivity contribution is 5.73. The highest BCUT2D eigenvalue weighted by Gasteiger charge is 2.27. The Kier molecular flexibility index (Phi) is 5.36. The first-order valence-electron chi connectivity index (χ1n) is 8.35. The van der Waals surface area contributed by atoms with Gasteiger partial charge in [-0.05, 0) is 54.8 Å². The molecule has 136 valence electrons. The summed E-state index contributed by atoms with van der Waals surface area (Å²) in [5, 5.41) is 10.6. The van der Waals surface area contributed by atoms with Gasteiger partial charge in [-0.15, -0.1) is 0 Å². The van der Waals surface area contributed by atoms with Crippen LogP contribution >= 0.6 is 0 Å². The predicted octanol–water partition coefficient (Wildman–Crippen LogP) is 3.29. The molecule has 7 nitrogen and oxygen atoms in total. The molecule has 1 atom stereocenters. The number of non-ortho nitro benzene ring substituents is 1. The van der Waals surface area contributed by atoms with Crippen molar-refractivity contribution < 1.29 is 23.9 Å². The minimum Gasteiger partial charge on any atom is -0.494 e. The number of nitro benzene ring substituents is 1. The fourth-order valence-electron chi connectivity index (χ4n) is 2.76. The van der Waals surface area contributed by atoms with E-state index in [0.717, 1.165) is 17.1 Å². The molecule has 1 heterocycles. The molecule has 0 radical (unpaired) electrons. The van der Waals surface area contributed by atoms with Crippen molar-refractivity contribution in [3.8, 4) is 11.5 Å². The summed E-state index contributed by atoms with van der Waals surface area (Å²) in [6, 6.07) is 11.5. The number of carbonyl (C=O) groups is 1. The van der Waals surface area contributed by atoms with E-state index in [1.165, 1.54) is 12.1 Å². The van der Waals surface area contributed by atoms with Gasteiger partial charge in [-0.2, -0.15) is 0 Å². The lowest BCUT2D eigenvalue weighted by Crippen LogP contribution is -2.29. The molecule has 3 rings (SSSR count). The van der Waals surface area contributed by atoms with Crippen LogP contribution in [0.25, 0.3) is 0 Å². The van der Waals surface area contributed by atoms with Gasteiger partial charge in [-0.3, -0.25) is 14.9 Å². The summed E-state index contributed by atoms with van der Waals surface area (Å²) in [5.41, 5.74) is 1.61. The van der Waals surface area contributed by atoms with Gasteiger partial charge in [0.2, 0.25) is 0 Å². The molecule has 0 aliphatic carbocycles. The summed E-state index contributed by atoms with van der Waals surface area (Å²) in [7, 11) is 0. The Balaban J connectivity index is 1.58. The molecule has 0 aromatic heterocycles. The summed E-state index contributed by atoms with van der Waals surface area (Å²) < 4.78 is 16.5. The third-order valence-electron chi connectivity index (χ3n) is 4.11.